The van der Waals surface area contributed by atoms with E-state index in [9.17, 15) is 4.79 Å². The Morgan fingerprint density at radius 3 is 2.52 bits per heavy atom. The Hall–Kier alpha value is -2.13. The van der Waals surface area contributed by atoms with E-state index in [1.54, 1.807) is 12.1 Å². The number of hydrogen-bond acceptors (Lipinski definition) is 2. The maximum atomic E-state index is 12.0. The van der Waals surface area contributed by atoms with Gasteiger partial charge in [-0.3, -0.25) is 4.79 Å². The first kappa shape index (κ1) is 13.8. The van der Waals surface area contributed by atoms with Crippen molar-refractivity contribution in [1.82, 2.24) is 0 Å². The standard InChI is InChI=1S/C18H13BrO2/c19-12-14-7-5-13(6-8-14)9-10-15-11-17(20)16-3-1-2-4-18(16)21-15/h1-11H,12H2/b10-9+. The average Bonchev–Trinajstić information content (AvgIpc) is 2.53. The maximum Gasteiger partial charge on any atom is 0.193 e. The van der Waals surface area contributed by atoms with Gasteiger partial charge < -0.3 is 4.42 Å². The average molecular weight is 341 g/mol. The first-order valence-corrected chi connectivity index (χ1v) is 7.74. The van der Waals surface area contributed by atoms with Crippen LogP contribution in [0.15, 0.2) is 63.8 Å². The van der Waals surface area contributed by atoms with Crippen LogP contribution in [0.25, 0.3) is 23.1 Å². The van der Waals surface area contributed by atoms with Gasteiger partial charge >= 0.3 is 0 Å². The van der Waals surface area contributed by atoms with Gasteiger partial charge in [0.1, 0.15) is 11.3 Å². The lowest BCUT2D eigenvalue weighted by atomic mass is 10.1. The highest BCUT2D eigenvalue weighted by atomic mass is 79.9. The lowest BCUT2D eigenvalue weighted by Gasteiger charge is -1.99. The third-order valence-corrected chi connectivity index (χ3v) is 3.88. The van der Waals surface area contributed by atoms with Crippen molar-refractivity contribution < 1.29 is 4.42 Å². The van der Waals surface area contributed by atoms with Gasteiger partial charge in [-0.2, -0.15) is 0 Å². The zero-order valence-electron chi connectivity index (χ0n) is 11.3. The van der Waals surface area contributed by atoms with Crippen LogP contribution in [0.2, 0.25) is 0 Å². The first-order chi connectivity index (χ1) is 10.3. The Bertz CT molecular complexity index is 845. The Labute approximate surface area is 130 Å². The van der Waals surface area contributed by atoms with Crippen LogP contribution in [-0.2, 0) is 5.33 Å². The SMILES string of the molecule is O=c1cc(/C=C/c2ccc(CBr)cc2)oc2ccccc12. The minimum absolute atomic E-state index is 0.0221. The number of rotatable bonds is 3. The van der Waals surface area contributed by atoms with Gasteiger partial charge in [-0.05, 0) is 29.3 Å². The van der Waals surface area contributed by atoms with E-state index in [1.807, 2.05) is 36.4 Å². The Balaban J connectivity index is 1.93. The van der Waals surface area contributed by atoms with Crippen LogP contribution < -0.4 is 5.43 Å². The molecule has 0 unspecified atom stereocenters. The van der Waals surface area contributed by atoms with Crippen molar-refractivity contribution in [2.75, 3.05) is 0 Å². The number of fused-ring (bicyclic) bond motifs is 1. The zero-order chi connectivity index (χ0) is 14.7. The van der Waals surface area contributed by atoms with Crippen molar-refractivity contribution in [3.05, 3.63) is 81.7 Å². The Morgan fingerprint density at radius 1 is 1.00 bits per heavy atom. The molecule has 0 bridgehead atoms. The summed E-state index contributed by atoms with van der Waals surface area (Å²) >= 11 is 3.42. The molecule has 0 aliphatic carbocycles. The summed E-state index contributed by atoms with van der Waals surface area (Å²) in [5, 5.41) is 1.45. The molecular weight excluding hydrogens is 328 g/mol. The molecule has 0 aliphatic rings. The highest BCUT2D eigenvalue weighted by Crippen LogP contribution is 2.15. The molecule has 1 aromatic heterocycles. The molecule has 0 radical (unpaired) electrons. The molecule has 104 valence electrons. The summed E-state index contributed by atoms with van der Waals surface area (Å²) in [7, 11) is 0. The summed E-state index contributed by atoms with van der Waals surface area (Å²) in [4.78, 5) is 12.0. The highest BCUT2D eigenvalue weighted by Gasteiger charge is 2.01. The number of para-hydroxylation sites is 1. The van der Waals surface area contributed by atoms with Gasteiger partial charge in [-0.25, -0.2) is 0 Å². The van der Waals surface area contributed by atoms with Crippen molar-refractivity contribution in [1.29, 1.82) is 0 Å². The number of hydrogen-bond donors (Lipinski definition) is 0. The molecule has 21 heavy (non-hydrogen) atoms. The summed E-state index contributed by atoms with van der Waals surface area (Å²) < 4.78 is 5.71. The second kappa shape index (κ2) is 6.10. The molecule has 2 nitrogen and oxygen atoms in total. The van der Waals surface area contributed by atoms with Crippen LogP contribution in [0.1, 0.15) is 16.9 Å². The molecule has 0 saturated heterocycles. The third kappa shape index (κ3) is 3.14. The second-order valence-electron chi connectivity index (χ2n) is 4.72. The van der Waals surface area contributed by atoms with E-state index in [1.165, 1.54) is 11.6 Å². The van der Waals surface area contributed by atoms with Gasteiger partial charge in [0, 0.05) is 11.4 Å². The molecule has 0 amide bonds. The molecule has 3 aromatic rings. The summed E-state index contributed by atoms with van der Waals surface area (Å²) in [5.41, 5.74) is 2.88. The summed E-state index contributed by atoms with van der Waals surface area (Å²) in [5.74, 6) is 0.559. The number of alkyl halides is 1. The zero-order valence-corrected chi connectivity index (χ0v) is 12.8. The first-order valence-electron chi connectivity index (χ1n) is 6.62. The molecule has 0 N–H and O–H groups in total. The molecule has 3 heteroatoms. The predicted octanol–water partition coefficient (Wildman–Crippen LogP) is 4.86. The van der Waals surface area contributed by atoms with E-state index in [0.29, 0.717) is 16.7 Å². The van der Waals surface area contributed by atoms with E-state index in [0.717, 1.165) is 10.9 Å². The van der Waals surface area contributed by atoms with E-state index in [-0.39, 0.29) is 5.43 Å². The predicted molar refractivity (Wildman–Crippen MR) is 90.5 cm³/mol. The molecule has 1 heterocycles. The van der Waals surface area contributed by atoms with Crippen molar-refractivity contribution >= 4 is 39.1 Å². The largest absolute Gasteiger partial charge is 0.456 e. The van der Waals surface area contributed by atoms with Crippen LogP contribution in [0.4, 0.5) is 0 Å². The quantitative estimate of drug-likeness (QED) is 0.637. The number of benzene rings is 2. The van der Waals surface area contributed by atoms with E-state index in [4.69, 9.17) is 4.42 Å². The normalized spacial score (nSPS) is 11.3. The molecule has 2 aromatic carbocycles. The maximum absolute atomic E-state index is 12.0. The fraction of sp³-hybridized carbons (Fsp3) is 0.0556. The van der Waals surface area contributed by atoms with Crippen molar-refractivity contribution in [3.8, 4) is 0 Å². The summed E-state index contributed by atoms with van der Waals surface area (Å²) in [6.07, 6.45) is 3.75. The Kier molecular flexibility index (Phi) is 4.02. The van der Waals surface area contributed by atoms with Crippen LogP contribution in [0.3, 0.4) is 0 Å². The smallest absolute Gasteiger partial charge is 0.193 e. The molecule has 3 rings (SSSR count). The molecule has 0 fully saturated rings. The summed E-state index contributed by atoms with van der Waals surface area (Å²) in [6, 6.07) is 17.0. The minimum atomic E-state index is -0.0221. The van der Waals surface area contributed by atoms with Gasteiger partial charge in [0.15, 0.2) is 5.43 Å². The fourth-order valence-corrected chi connectivity index (χ4v) is 2.47. The van der Waals surface area contributed by atoms with Gasteiger partial charge in [0.25, 0.3) is 0 Å². The van der Waals surface area contributed by atoms with E-state index in [2.05, 4.69) is 28.1 Å². The van der Waals surface area contributed by atoms with Crippen LogP contribution in [-0.4, -0.2) is 0 Å². The number of halogens is 1. The van der Waals surface area contributed by atoms with Gasteiger partial charge in [0.2, 0.25) is 0 Å². The highest BCUT2D eigenvalue weighted by molar-refractivity contribution is 9.08. The molecular formula is C18H13BrO2. The summed E-state index contributed by atoms with van der Waals surface area (Å²) in [6.45, 7) is 0. The van der Waals surface area contributed by atoms with Crippen molar-refractivity contribution in [3.63, 3.8) is 0 Å². The van der Waals surface area contributed by atoms with Crippen LogP contribution in [0, 0.1) is 0 Å². The monoisotopic (exact) mass is 340 g/mol. The minimum Gasteiger partial charge on any atom is -0.456 e. The lowest BCUT2D eigenvalue weighted by Crippen LogP contribution is -1.99. The second-order valence-corrected chi connectivity index (χ2v) is 5.28. The third-order valence-electron chi connectivity index (χ3n) is 3.23. The van der Waals surface area contributed by atoms with Crippen LogP contribution in [0.5, 0.6) is 0 Å². The van der Waals surface area contributed by atoms with Gasteiger partial charge in [0.05, 0.1) is 5.39 Å². The molecule has 0 atom stereocenters. The fourth-order valence-electron chi connectivity index (χ4n) is 2.10. The lowest BCUT2D eigenvalue weighted by molar-refractivity contribution is 0.591. The molecule has 0 aliphatic heterocycles. The van der Waals surface area contributed by atoms with Crippen molar-refractivity contribution in [2.45, 2.75) is 5.33 Å². The topological polar surface area (TPSA) is 30.2 Å². The van der Waals surface area contributed by atoms with Crippen molar-refractivity contribution in [2.24, 2.45) is 0 Å². The van der Waals surface area contributed by atoms with E-state index < -0.39 is 0 Å². The molecule has 0 saturated carbocycles. The van der Waals surface area contributed by atoms with Gasteiger partial charge in [-0.15, -0.1) is 0 Å². The van der Waals surface area contributed by atoms with E-state index >= 15 is 0 Å². The Morgan fingerprint density at radius 2 is 1.76 bits per heavy atom. The van der Waals surface area contributed by atoms with Gasteiger partial charge in [-0.1, -0.05) is 58.4 Å². The van der Waals surface area contributed by atoms with Crippen LogP contribution >= 0.6 is 15.9 Å². The molecule has 0 spiro atoms.